The Morgan fingerprint density at radius 2 is 1.08 bits per heavy atom. The Morgan fingerprint density at radius 3 is 1.23 bits per heavy atom. The van der Waals surface area contributed by atoms with Crippen LogP contribution < -0.4 is 0 Å². The Labute approximate surface area is 76.4 Å². The Morgan fingerprint density at radius 1 is 0.846 bits per heavy atom. The van der Waals surface area contributed by atoms with Crippen molar-refractivity contribution in [2.24, 2.45) is 0 Å². The van der Waals surface area contributed by atoms with Gasteiger partial charge >= 0.3 is 11.9 Å². The van der Waals surface area contributed by atoms with Crippen LogP contribution in [-0.2, 0) is 0 Å². The van der Waals surface area contributed by atoms with Crippen LogP contribution in [0.3, 0.4) is 0 Å². The molecule has 1 aromatic carbocycles. The average molecular weight is 177 g/mol. The second kappa shape index (κ2) is 4.30. The Bertz CT molecular complexity index is 284. The summed E-state index contributed by atoms with van der Waals surface area (Å²) in [5.74, 6) is -2.13. The van der Waals surface area contributed by atoms with Crippen molar-refractivity contribution in [3.63, 3.8) is 0 Å². The number of hydrogen-bond donors (Lipinski definition) is 2. The number of rotatable bonds is 2. The van der Waals surface area contributed by atoms with Crippen LogP contribution in [0.2, 0.25) is 0 Å². The molecule has 0 heterocycles. The number of benzene rings is 1. The topological polar surface area (TPSA) is 74.6 Å². The van der Waals surface area contributed by atoms with Gasteiger partial charge in [0.2, 0.25) is 0 Å². The van der Waals surface area contributed by atoms with Gasteiger partial charge in [-0.3, -0.25) is 0 Å². The molecule has 0 spiro atoms. The molecular formula is C8H6BO4. The zero-order valence-corrected chi connectivity index (χ0v) is 6.60. The molecule has 0 fully saturated rings. The van der Waals surface area contributed by atoms with Gasteiger partial charge < -0.3 is 10.2 Å². The van der Waals surface area contributed by atoms with Crippen molar-refractivity contribution in [2.75, 3.05) is 0 Å². The molecule has 0 bridgehead atoms. The van der Waals surface area contributed by atoms with Crippen LogP contribution in [-0.4, -0.2) is 30.6 Å². The zero-order valence-electron chi connectivity index (χ0n) is 6.60. The minimum absolute atomic E-state index is 0. The van der Waals surface area contributed by atoms with Crippen LogP contribution in [0, 0.1) is 0 Å². The van der Waals surface area contributed by atoms with Gasteiger partial charge in [-0.25, -0.2) is 9.59 Å². The van der Waals surface area contributed by atoms with Gasteiger partial charge in [0.05, 0.1) is 11.1 Å². The van der Waals surface area contributed by atoms with Crippen molar-refractivity contribution in [1.29, 1.82) is 0 Å². The maximum atomic E-state index is 10.3. The summed E-state index contributed by atoms with van der Waals surface area (Å²) in [6, 6.07) is 5.02. The van der Waals surface area contributed by atoms with Crippen LogP contribution in [0.25, 0.3) is 0 Å². The molecule has 0 saturated heterocycles. The quantitative estimate of drug-likeness (QED) is 0.652. The SMILES string of the molecule is O=C(O)c1ccc(C(=O)O)cc1.[B]. The van der Waals surface area contributed by atoms with Gasteiger partial charge in [0.15, 0.2) is 0 Å². The standard InChI is InChI=1S/C8H6O4.B/c9-7(10)5-1-2-6(4-3-5)8(11)12;/h1-4H,(H,9,10)(H,11,12);. The van der Waals surface area contributed by atoms with E-state index in [2.05, 4.69) is 0 Å². The van der Waals surface area contributed by atoms with E-state index in [0.29, 0.717) is 0 Å². The summed E-state index contributed by atoms with van der Waals surface area (Å²) in [5.41, 5.74) is 0.167. The molecule has 0 saturated carbocycles. The Kier molecular flexibility index (Phi) is 3.71. The molecule has 65 valence electrons. The Balaban J connectivity index is 0.00000144. The molecule has 0 aliphatic rings. The molecule has 5 heteroatoms. The first-order valence-corrected chi connectivity index (χ1v) is 3.18. The molecule has 4 nitrogen and oxygen atoms in total. The van der Waals surface area contributed by atoms with Crippen LogP contribution >= 0.6 is 0 Å². The molecule has 0 amide bonds. The third-order valence-electron chi connectivity index (χ3n) is 1.38. The molecule has 13 heavy (non-hydrogen) atoms. The molecule has 1 aromatic rings. The zero-order chi connectivity index (χ0) is 9.14. The normalized spacial score (nSPS) is 8.62. The molecule has 0 aromatic heterocycles. The minimum atomic E-state index is -1.06. The highest BCUT2D eigenvalue weighted by Gasteiger charge is 2.04. The first-order chi connectivity index (χ1) is 5.61. The molecule has 0 aliphatic heterocycles. The smallest absolute Gasteiger partial charge is 0.335 e. The largest absolute Gasteiger partial charge is 0.478 e. The summed E-state index contributed by atoms with van der Waals surface area (Å²) >= 11 is 0. The predicted molar refractivity (Wildman–Crippen MR) is 46.1 cm³/mol. The minimum Gasteiger partial charge on any atom is -0.478 e. The van der Waals surface area contributed by atoms with E-state index in [-0.39, 0.29) is 19.5 Å². The lowest BCUT2D eigenvalue weighted by molar-refractivity contribution is 0.0681. The fraction of sp³-hybridized carbons (Fsp3) is 0. The number of carboxylic acids is 2. The molecular weight excluding hydrogens is 171 g/mol. The maximum Gasteiger partial charge on any atom is 0.335 e. The summed E-state index contributed by atoms with van der Waals surface area (Å²) < 4.78 is 0. The lowest BCUT2D eigenvalue weighted by Crippen LogP contribution is -1.99. The van der Waals surface area contributed by atoms with E-state index in [1.807, 2.05) is 0 Å². The first-order valence-electron chi connectivity index (χ1n) is 3.18. The first kappa shape index (κ1) is 11.2. The van der Waals surface area contributed by atoms with Crippen molar-refractivity contribution in [3.8, 4) is 0 Å². The van der Waals surface area contributed by atoms with E-state index in [1.54, 1.807) is 0 Å². The van der Waals surface area contributed by atoms with Gasteiger partial charge in [0, 0.05) is 8.41 Å². The van der Waals surface area contributed by atoms with E-state index in [1.165, 1.54) is 24.3 Å². The summed E-state index contributed by atoms with van der Waals surface area (Å²) in [5, 5.41) is 16.9. The van der Waals surface area contributed by atoms with Crippen LogP contribution in [0.5, 0.6) is 0 Å². The van der Waals surface area contributed by atoms with Gasteiger partial charge in [-0.2, -0.15) is 0 Å². The van der Waals surface area contributed by atoms with Crippen molar-refractivity contribution in [3.05, 3.63) is 35.4 Å². The fourth-order valence-electron chi connectivity index (χ4n) is 0.755. The van der Waals surface area contributed by atoms with Crippen LogP contribution in [0.4, 0.5) is 0 Å². The van der Waals surface area contributed by atoms with E-state index in [0.717, 1.165) is 0 Å². The highest BCUT2D eigenvalue weighted by atomic mass is 16.4. The van der Waals surface area contributed by atoms with Crippen LogP contribution in [0.1, 0.15) is 20.7 Å². The van der Waals surface area contributed by atoms with E-state index in [9.17, 15) is 9.59 Å². The summed E-state index contributed by atoms with van der Waals surface area (Å²) in [6.07, 6.45) is 0. The van der Waals surface area contributed by atoms with Crippen molar-refractivity contribution in [1.82, 2.24) is 0 Å². The molecule has 3 radical (unpaired) electrons. The van der Waals surface area contributed by atoms with E-state index >= 15 is 0 Å². The number of carboxylic acid groups (broad SMARTS) is 2. The third kappa shape index (κ3) is 2.63. The third-order valence-corrected chi connectivity index (χ3v) is 1.38. The van der Waals surface area contributed by atoms with E-state index in [4.69, 9.17) is 10.2 Å². The number of hydrogen-bond acceptors (Lipinski definition) is 2. The second-order valence-electron chi connectivity index (χ2n) is 2.19. The average Bonchev–Trinajstić information content (AvgIpc) is 2.04. The number of aromatic carboxylic acids is 2. The van der Waals surface area contributed by atoms with Gasteiger partial charge in [-0.1, -0.05) is 0 Å². The Hall–Kier alpha value is -1.78. The lowest BCUT2D eigenvalue weighted by Gasteiger charge is -1.94. The van der Waals surface area contributed by atoms with Crippen molar-refractivity contribution >= 4 is 20.4 Å². The lowest BCUT2D eigenvalue weighted by atomic mass is 10.1. The van der Waals surface area contributed by atoms with E-state index < -0.39 is 11.9 Å². The number of carbonyl (C=O) groups is 2. The summed E-state index contributed by atoms with van der Waals surface area (Å²) in [6.45, 7) is 0. The maximum absolute atomic E-state index is 10.3. The van der Waals surface area contributed by atoms with Crippen molar-refractivity contribution in [2.45, 2.75) is 0 Å². The molecule has 2 N–H and O–H groups in total. The van der Waals surface area contributed by atoms with Gasteiger partial charge in [0.1, 0.15) is 0 Å². The predicted octanol–water partition coefficient (Wildman–Crippen LogP) is 0.702. The summed E-state index contributed by atoms with van der Waals surface area (Å²) in [7, 11) is 0. The monoisotopic (exact) mass is 177 g/mol. The molecule has 1 rings (SSSR count). The highest BCUT2D eigenvalue weighted by Crippen LogP contribution is 2.03. The molecule has 0 atom stereocenters. The van der Waals surface area contributed by atoms with Crippen LogP contribution in [0.15, 0.2) is 24.3 Å². The van der Waals surface area contributed by atoms with Gasteiger partial charge in [-0.15, -0.1) is 0 Å². The molecule has 0 aliphatic carbocycles. The fourth-order valence-corrected chi connectivity index (χ4v) is 0.755. The van der Waals surface area contributed by atoms with Crippen molar-refractivity contribution < 1.29 is 19.8 Å². The second-order valence-corrected chi connectivity index (χ2v) is 2.19. The van der Waals surface area contributed by atoms with Gasteiger partial charge in [-0.05, 0) is 24.3 Å². The highest BCUT2D eigenvalue weighted by molar-refractivity contribution is 5.91. The summed E-state index contributed by atoms with van der Waals surface area (Å²) in [4.78, 5) is 20.7. The van der Waals surface area contributed by atoms with Gasteiger partial charge in [0.25, 0.3) is 0 Å². The molecule has 0 unspecified atom stereocenters.